The summed E-state index contributed by atoms with van der Waals surface area (Å²) in [7, 11) is 0. The number of nitrogens with zero attached hydrogens (tertiary/aromatic N) is 1. The summed E-state index contributed by atoms with van der Waals surface area (Å²) in [6.45, 7) is 2.56. The number of hydrogen-bond donors (Lipinski definition) is 2. The van der Waals surface area contributed by atoms with E-state index < -0.39 is 43.1 Å². The number of carboxylic acid groups (broad SMARTS) is 1. The first kappa shape index (κ1) is 20.4. The summed E-state index contributed by atoms with van der Waals surface area (Å²) in [6.07, 6.45) is -3.55. The van der Waals surface area contributed by atoms with Crippen molar-refractivity contribution < 1.29 is 27.9 Å². The molecule has 9 heteroatoms. The molecule has 1 saturated heterocycles. The second kappa shape index (κ2) is 7.73. The third-order valence-electron chi connectivity index (χ3n) is 4.65. The molecule has 2 amide bonds. The SMILES string of the molecule is CCc1ccc(Cl)c(CC)c1NC(=O)N1C[C@@H](C(F)(F)F)[C@H](C(=O)O)C1. The van der Waals surface area contributed by atoms with E-state index in [9.17, 15) is 22.8 Å². The van der Waals surface area contributed by atoms with Gasteiger partial charge in [0.1, 0.15) is 0 Å². The predicted molar refractivity (Wildman–Crippen MR) is 91.5 cm³/mol. The Kier molecular flexibility index (Phi) is 6.05. The zero-order chi connectivity index (χ0) is 19.6. The van der Waals surface area contributed by atoms with Gasteiger partial charge in [-0.2, -0.15) is 13.2 Å². The summed E-state index contributed by atoms with van der Waals surface area (Å²) in [4.78, 5) is 24.6. The Hall–Kier alpha value is -1.96. The van der Waals surface area contributed by atoms with Gasteiger partial charge in [-0.1, -0.05) is 31.5 Å². The fourth-order valence-corrected chi connectivity index (χ4v) is 3.50. The number of likely N-dealkylation sites (tertiary alicyclic amines) is 1. The molecule has 144 valence electrons. The van der Waals surface area contributed by atoms with Gasteiger partial charge in [-0.25, -0.2) is 4.79 Å². The fraction of sp³-hybridized carbons (Fsp3) is 0.529. The number of aliphatic carboxylic acids is 1. The lowest BCUT2D eigenvalue weighted by Crippen LogP contribution is -2.35. The number of hydrogen-bond acceptors (Lipinski definition) is 2. The average Bonchev–Trinajstić information content (AvgIpc) is 3.01. The number of halogens is 4. The number of carbonyl (C=O) groups is 2. The van der Waals surface area contributed by atoms with Crippen molar-refractivity contribution >= 4 is 29.3 Å². The molecule has 1 aromatic rings. The number of anilines is 1. The van der Waals surface area contributed by atoms with E-state index in [1.54, 1.807) is 12.1 Å². The second-order valence-corrected chi connectivity index (χ2v) is 6.60. The highest BCUT2D eigenvalue weighted by Crippen LogP contribution is 2.38. The van der Waals surface area contributed by atoms with E-state index in [2.05, 4.69) is 5.32 Å². The molecule has 1 aliphatic rings. The molecule has 1 aliphatic heterocycles. The molecule has 0 unspecified atom stereocenters. The lowest BCUT2D eigenvalue weighted by atomic mass is 9.96. The number of aryl methyl sites for hydroxylation is 1. The number of nitrogens with one attached hydrogen (secondary N) is 1. The smallest absolute Gasteiger partial charge is 0.394 e. The first-order chi connectivity index (χ1) is 12.1. The highest BCUT2D eigenvalue weighted by atomic mass is 35.5. The summed E-state index contributed by atoms with van der Waals surface area (Å²) < 4.78 is 39.3. The minimum Gasteiger partial charge on any atom is -0.481 e. The largest absolute Gasteiger partial charge is 0.481 e. The number of alkyl halides is 3. The number of amides is 2. The van der Waals surface area contributed by atoms with Gasteiger partial charge in [0.15, 0.2) is 0 Å². The van der Waals surface area contributed by atoms with E-state index in [4.69, 9.17) is 16.7 Å². The summed E-state index contributed by atoms with van der Waals surface area (Å²) in [5.74, 6) is -5.31. The third kappa shape index (κ3) is 4.06. The van der Waals surface area contributed by atoms with Crippen LogP contribution in [0.25, 0.3) is 0 Å². The summed E-state index contributed by atoms with van der Waals surface area (Å²) >= 11 is 6.16. The highest BCUT2D eigenvalue weighted by molar-refractivity contribution is 6.32. The van der Waals surface area contributed by atoms with Gasteiger partial charge < -0.3 is 15.3 Å². The van der Waals surface area contributed by atoms with E-state index in [0.717, 1.165) is 10.5 Å². The van der Waals surface area contributed by atoms with Crippen LogP contribution in [0.2, 0.25) is 5.02 Å². The van der Waals surface area contributed by atoms with Crippen LogP contribution in [0.15, 0.2) is 12.1 Å². The highest BCUT2D eigenvalue weighted by Gasteiger charge is 2.53. The normalized spacial score (nSPS) is 20.3. The van der Waals surface area contributed by atoms with Gasteiger partial charge in [0.25, 0.3) is 0 Å². The molecular weight excluding hydrogens is 373 g/mol. The van der Waals surface area contributed by atoms with Gasteiger partial charge >= 0.3 is 18.2 Å². The molecule has 5 nitrogen and oxygen atoms in total. The van der Waals surface area contributed by atoms with E-state index in [1.807, 2.05) is 13.8 Å². The molecule has 1 aromatic carbocycles. The Balaban J connectivity index is 2.26. The maximum Gasteiger partial charge on any atom is 0.394 e. The monoisotopic (exact) mass is 392 g/mol. The number of carbonyl (C=O) groups excluding carboxylic acids is 1. The minimum atomic E-state index is -4.68. The van der Waals surface area contributed by atoms with Crippen LogP contribution in [0.5, 0.6) is 0 Å². The van der Waals surface area contributed by atoms with Gasteiger partial charge in [-0.05, 0) is 30.0 Å². The average molecular weight is 393 g/mol. The molecule has 2 N–H and O–H groups in total. The Bertz CT molecular complexity index is 709. The first-order valence-corrected chi connectivity index (χ1v) is 8.63. The molecule has 26 heavy (non-hydrogen) atoms. The van der Waals surface area contributed by atoms with Crippen molar-refractivity contribution in [3.8, 4) is 0 Å². The molecule has 2 atom stereocenters. The Morgan fingerprint density at radius 1 is 1.27 bits per heavy atom. The van der Waals surface area contributed by atoms with Crippen LogP contribution in [0.1, 0.15) is 25.0 Å². The van der Waals surface area contributed by atoms with E-state index in [0.29, 0.717) is 29.1 Å². The molecule has 0 saturated carbocycles. The molecule has 2 rings (SSSR count). The minimum absolute atomic E-state index is 0.456. The van der Waals surface area contributed by atoms with Gasteiger partial charge in [-0.3, -0.25) is 4.79 Å². The summed E-state index contributed by atoms with van der Waals surface area (Å²) in [6, 6.07) is 2.71. The van der Waals surface area contributed by atoms with Gasteiger partial charge in [0.2, 0.25) is 0 Å². The van der Waals surface area contributed by atoms with Crippen molar-refractivity contribution in [2.24, 2.45) is 11.8 Å². The molecule has 1 fully saturated rings. The number of rotatable bonds is 4. The van der Waals surface area contributed by atoms with E-state index >= 15 is 0 Å². The van der Waals surface area contributed by atoms with Crippen molar-refractivity contribution in [3.05, 3.63) is 28.3 Å². The topological polar surface area (TPSA) is 69.6 Å². The van der Waals surface area contributed by atoms with Gasteiger partial charge in [0, 0.05) is 18.1 Å². The molecule has 0 radical (unpaired) electrons. The number of urea groups is 1. The Labute approximate surface area is 154 Å². The summed E-state index contributed by atoms with van der Waals surface area (Å²) in [5.41, 5.74) is 1.98. The maximum atomic E-state index is 13.1. The van der Waals surface area contributed by atoms with Crippen LogP contribution in [0, 0.1) is 11.8 Å². The molecule has 0 aliphatic carbocycles. The molecule has 0 aromatic heterocycles. The second-order valence-electron chi connectivity index (χ2n) is 6.20. The first-order valence-electron chi connectivity index (χ1n) is 8.25. The quantitative estimate of drug-likeness (QED) is 0.807. The fourth-order valence-electron chi connectivity index (χ4n) is 3.20. The van der Waals surface area contributed by atoms with Crippen LogP contribution < -0.4 is 5.32 Å². The number of carboxylic acids is 1. The van der Waals surface area contributed by atoms with Crippen molar-refractivity contribution in [1.29, 1.82) is 0 Å². The molecule has 0 spiro atoms. The van der Waals surface area contributed by atoms with Crippen LogP contribution in [-0.2, 0) is 17.6 Å². The van der Waals surface area contributed by atoms with E-state index in [-0.39, 0.29) is 0 Å². The lowest BCUT2D eigenvalue weighted by Gasteiger charge is -2.21. The van der Waals surface area contributed by atoms with E-state index in [1.165, 1.54) is 0 Å². The maximum absolute atomic E-state index is 13.1. The van der Waals surface area contributed by atoms with Crippen LogP contribution in [0.4, 0.5) is 23.7 Å². The zero-order valence-electron chi connectivity index (χ0n) is 14.4. The molecule has 0 bridgehead atoms. The number of benzene rings is 1. The standard InChI is InChI=1S/C17H20ClF3N2O3/c1-3-9-5-6-13(18)10(4-2)14(9)22-16(26)23-7-11(15(24)25)12(8-23)17(19,20)21/h5-6,11-12H,3-4,7-8H2,1-2H3,(H,22,26)(H,24,25)/t11-,12-/m1/s1. The molecular formula is C17H20ClF3N2O3. The van der Waals surface area contributed by atoms with Crippen molar-refractivity contribution in [2.75, 3.05) is 18.4 Å². The van der Waals surface area contributed by atoms with Crippen LogP contribution >= 0.6 is 11.6 Å². The van der Waals surface area contributed by atoms with Crippen molar-refractivity contribution in [1.82, 2.24) is 4.90 Å². The lowest BCUT2D eigenvalue weighted by molar-refractivity contribution is -0.187. The third-order valence-corrected chi connectivity index (χ3v) is 5.01. The predicted octanol–water partition coefficient (Wildman–Crippen LogP) is 4.19. The van der Waals surface area contributed by atoms with Crippen LogP contribution in [-0.4, -0.2) is 41.3 Å². The summed E-state index contributed by atoms with van der Waals surface area (Å²) in [5, 5.41) is 12.2. The van der Waals surface area contributed by atoms with Crippen LogP contribution in [0.3, 0.4) is 0 Å². The molecule has 1 heterocycles. The Morgan fingerprint density at radius 2 is 1.92 bits per heavy atom. The van der Waals surface area contributed by atoms with Gasteiger partial charge in [0.05, 0.1) is 17.5 Å². The van der Waals surface area contributed by atoms with Crippen molar-refractivity contribution in [3.63, 3.8) is 0 Å². The zero-order valence-corrected chi connectivity index (χ0v) is 15.1. The van der Waals surface area contributed by atoms with Crippen molar-refractivity contribution in [2.45, 2.75) is 32.9 Å². The van der Waals surface area contributed by atoms with Gasteiger partial charge in [-0.15, -0.1) is 0 Å². The Morgan fingerprint density at radius 3 is 2.38 bits per heavy atom.